The molecule has 1 aromatic rings. The Bertz CT molecular complexity index is 788. The topological polar surface area (TPSA) is 78.4 Å². The molecule has 4 aliphatic carbocycles. The first-order valence-corrected chi connectivity index (χ1v) is 12.1. The van der Waals surface area contributed by atoms with E-state index in [2.05, 4.69) is 20.4 Å². The standard InChI is InChI=1S/C24H35N5O2/c1-17-3-4-21(27-26-17)28-7-2-8-29(10-9-28)22(30)5-6-25-23(31)24-14-18-11-19(15-24)13-20(12-18)16-24/h3-4,18-20H,2,5-16H2,1H3,(H,25,31). The summed E-state index contributed by atoms with van der Waals surface area (Å²) in [5, 5.41) is 11.6. The van der Waals surface area contributed by atoms with E-state index in [1.54, 1.807) is 0 Å². The second kappa shape index (κ2) is 8.40. The predicted octanol–water partition coefficient (Wildman–Crippen LogP) is 2.55. The van der Waals surface area contributed by atoms with Crippen molar-refractivity contribution in [2.75, 3.05) is 37.6 Å². The minimum atomic E-state index is -0.129. The van der Waals surface area contributed by atoms with Crippen LogP contribution in [-0.4, -0.2) is 59.6 Å². The number of hydrogen-bond acceptors (Lipinski definition) is 5. The molecule has 31 heavy (non-hydrogen) atoms. The zero-order valence-corrected chi connectivity index (χ0v) is 18.7. The van der Waals surface area contributed by atoms with E-state index < -0.39 is 0 Å². The van der Waals surface area contributed by atoms with Gasteiger partial charge in [0, 0.05) is 44.6 Å². The van der Waals surface area contributed by atoms with Gasteiger partial charge in [0.25, 0.3) is 0 Å². The molecule has 4 saturated carbocycles. The number of hydrogen-bond donors (Lipinski definition) is 1. The monoisotopic (exact) mass is 425 g/mol. The molecule has 1 aromatic heterocycles. The van der Waals surface area contributed by atoms with E-state index in [1.165, 1.54) is 19.3 Å². The van der Waals surface area contributed by atoms with Crippen molar-refractivity contribution in [3.05, 3.63) is 17.8 Å². The number of carbonyl (C=O) groups excluding carboxylic acids is 2. The van der Waals surface area contributed by atoms with E-state index in [-0.39, 0.29) is 17.2 Å². The smallest absolute Gasteiger partial charge is 0.226 e. The van der Waals surface area contributed by atoms with Gasteiger partial charge in [-0.15, -0.1) is 5.10 Å². The van der Waals surface area contributed by atoms with Crippen molar-refractivity contribution in [2.24, 2.45) is 23.2 Å². The first kappa shape index (κ1) is 20.7. The van der Waals surface area contributed by atoms with Crippen molar-refractivity contribution < 1.29 is 9.59 Å². The number of carbonyl (C=O) groups is 2. The van der Waals surface area contributed by atoms with E-state index in [0.29, 0.717) is 19.5 Å². The number of aryl methyl sites for hydroxylation is 1. The normalized spacial score (nSPS) is 32.1. The number of anilines is 1. The SMILES string of the molecule is Cc1ccc(N2CCCN(C(=O)CCNC(=O)C34CC5CC(CC(C5)C3)C4)CC2)nn1. The van der Waals surface area contributed by atoms with Gasteiger partial charge in [0.15, 0.2) is 5.82 Å². The van der Waals surface area contributed by atoms with Gasteiger partial charge >= 0.3 is 0 Å². The zero-order chi connectivity index (χ0) is 21.4. The summed E-state index contributed by atoms with van der Waals surface area (Å²) >= 11 is 0. The fourth-order valence-electron chi connectivity index (χ4n) is 6.97. The highest BCUT2D eigenvalue weighted by molar-refractivity contribution is 5.84. The van der Waals surface area contributed by atoms with E-state index in [0.717, 1.165) is 74.6 Å². The molecule has 0 aromatic carbocycles. The van der Waals surface area contributed by atoms with E-state index in [4.69, 9.17) is 0 Å². The maximum Gasteiger partial charge on any atom is 0.226 e. The molecule has 168 valence electrons. The summed E-state index contributed by atoms with van der Waals surface area (Å²) < 4.78 is 0. The number of nitrogens with one attached hydrogen (secondary N) is 1. The quantitative estimate of drug-likeness (QED) is 0.784. The van der Waals surface area contributed by atoms with Crippen LogP contribution in [0.25, 0.3) is 0 Å². The Morgan fingerprint density at radius 1 is 1.00 bits per heavy atom. The van der Waals surface area contributed by atoms with Crippen molar-refractivity contribution in [2.45, 2.75) is 58.3 Å². The van der Waals surface area contributed by atoms with Gasteiger partial charge in [0.05, 0.1) is 5.69 Å². The molecule has 0 radical (unpaired) electrons. The van der Waals surface area contributed by atoms with Gasteiger partial charge < -0.3 is 15.1 Å². The molecule has 5 aliphatic rings. The van der Waals surface area contributed by atoms with Crippen molar-refractivity contribution in [3.63, 3.8) is 0 Å². The molecular formula is C24H35N5O2. The molecule has 7 nitrogen and oxygen atoms in total. The van der Waals surface area contributed by atoms with Crippen LogP contribution >= 0.6 is 0 Å². The van der Waals surface area contributed by atoms with Gasteiger partial charge in [0.1, 0.15) is 0 Å². The Kier molecular flexibility index (Phi) is 5.61. The zero-order valence-electron chi connectivity index (χ0n) is 18.7. The average molecular weight is 426 g/mol. The Balaban J connectivity index is 1.09. The summed E-state index contributed by atoms with van der Waals surface area (Å²) in [6.45, 7) is 5.49. The average Bonchev–Trinajstić information content (AvgIpc) is 2.99. The third-order valence-electron chi connectivity index (χ3n) is 8.10. The summed E-state index contributed by atoms with van der Waals surface area (Å²) in [4.78, 5) is 30.0. The van der Waals surface area contributed by atoms with Gasteiger partial charge in [-0.05, 0) is 81.8 Å². The molecule has 0 spiro atoms. The van der Waals surface area contributed by atoms with E-state index in [9.17, 15) is 9.59 Å². The fourth-order valence-corrected chi connectivity index (χ4v) is 6.97. The van der Waals surface area contributed by atoms with Crippen molar-refractivity contribution >= 4 is 17.6 Å². The van der Waals surface area contributed by atoms with Gasteiger partial charge in [-0.2, -0.15) is 5.10 Å². The highest BCUT2D eigenvalue weighted by Gasteiger charge is 2.54. The summed E-state index contributed by atoms with van der Waals surface area (Å²) in [5.41, 5.74) is 0.779. The second-order valence-corrected chi connectivity index (χ2v) is 10.5. The van der Waals surface area contributed by atoms with Gasteiger partial charge in [0.2, 0.25) is 11.8 Å². The van der Waals surface area contributed by atoms with Crippen LogP contribution in [-0.2, 0) is 9.59 Å². The summed E-state index contributed by atoms with van der Waals surface area (Å²) in [6.07, 6.45) is 8.54. The summed E-state index contributed by atoms with van der Waals surface area (Å²) in [7, 11) is 0. The number of rotatable bonds is 5. The number of aromatic nitrogens is 2. The first-order chi connectivity index (χ1) is 15.0. The number of amides is 2. The maximum atomic E-state index is 13.1. The lowest BCUT2D eigenvalue weighted by Gasteiger charge is -2.55. The van der Waals surface area contributed by atoms with Crippen LogP contribution in [0.5, 0.6) is 0 Å². The lowest BCUT2D eigenvalue weighted by Crippen LogP contribution is -2.53. The highest BCUT2D eigenvalue weighted by atomic mass is 16.2. The molecule has 7 heteroatoms. The molecule has 2 amide bonds. The summed E-state index contributed by atoms with van der Waals surface area (Å²) in [6, 6.07) is 3.97. The number of nitrogens with zero attached hydrogens (tertiary/aromatic N) is 4. The van der Waals surface area contributed by atoms with Crippen LogP contribution in [0, 0.1) is 30.1 Å². The van der Waals surface area contributed by atoms with Crippen LogP contribution in [0.1, 0.15) is 57.1 Å². The molecule has 0 atom stereocenters. The van der Waals surface area contributed by atoms with Gasteiger partial charge in [-0.3, -0.25) is 9.59 Å². The molecule has 0 unspecified atom stereocenters. The molecule has 2 heterocycles. The van der Waals surface area contributed by atoms with Crippen LogP contribution in [0.3, 0.4) is 0 Å². The molecular weight excluding hydrogens is 390 g/mol. The van der Waals surface area contributed by atoms with Crippen molar-refractivity contribution in [1.82, 2.24) is 20.4 Å². The molecule has 4 bridgehead atoms. The fraction of sp³-hybridized carbons (Fsp3) is 0.750. The van der Waals surface area contributed by atoms with Crippen LogP contribution < -0.4 is 10.2 Å². The molecule has 5 fully saturated rings. The largest absolute Gasteiger partial charge is 0.355 e. The third kappa shape index (κ3) is 4.28. The van der Waals surface area contributed by atoms with Crippen LogP contribution in [0.4, 0.5) is 5.82 Å². The Morgan fingerprint density at radius 3 is 2.35 bits per heavy atom. The molecule has 1 N–H and O–H groups in total. The first-order valence-electron chi connectivity index (χ1n) is 12.1. The molecule has 1 aliphatic heterocycles. The lowest BCUT2D eigenvalue weighted by molar-refractivity contribution is -0.146. The summed E-state index contributed by atoms with van der Waals surface area (Å²) in [5.74, 6) is 3.52. The molecule has 6 rings (SSSR count). The van der Waals surface area contributed by atoms with E-state index >= 15 is 0 Å². The van der Waals surface area contributed by atoms with Gasteiger partial charge in [-0.1, -0.05) is 0 Å². The Labute approximate surface area is 185 Å². The minimum absolute atomic E-state index is 0.129. The Morgan fingerprint density at radius 2 is 1.71 bits per heavy atom. The van der Waals surface area contributed by atoms with Crippen molar-refractivity contribution in [3.8, 4) is 0 Å². The third-order valence-corrected chi connectivity index (χ3v) is 8.10. The maximum absolute atomic E-state index is 13.1. The Hall–Kier alpha value is -2.18. The minimum Gasteiger partial charge on any atom is -0.355 e. The highest BCUT2D eigenvalue weighted by Crippen LogP contribution is 2.60. The van der Waals surface area contributed by atoms with Crippen LogP contribution in [0.2, 0.25) is 0 Å². The van der Waals surface area contributed by atoms with Crippen molar-refractivity contribution in [1.29, 1.82) is 0 Å². The predicted molar refractivity (Wildman–Crippen MR) is 118 cm³/mol. The van der Waals surface area contributed by atoms with E-state index in [1.807, 2.05) is 24.0 Å². The lowest BCUT2D eigenvalue weighted by atomic mass is 9.49. The molecule has 1 saturated heterocycles. The van der Waals surface area contributed by atoms with Crippen LogP contribution in [0.15, 0.2) is 12.1 Å². The second-order valence-electron chi connectivity index (χ2n) is 10.5. The van der Waals surface area contributed by atoms with Gasteiger partial charge in [-0.25, -0.2) is 0 Å².